The third-order valence-corrected chi connectivity index (χ3v) is 6.40. The molecule has 0 bridgehead atoms. The lowest BCUT2D eigenvalue weighted by molar-refractivity contribution is -0.139. The van der Waals surface area contributed by atoms with Crippen LogP contribution in [-0.4, -0.2) is 34.3 Å². The van der Waals surface area contributed by atoms with Crippen LogP contribution in [0.25, 0.3) is 28.1 Å². The summed E-state index contributed by atoms with van der Waals surface area (Å²) in [5.41, 5.74) is 6.96. The van der Waals surface area contributed by atoms with Gasteiger partial charge in [-0.1, -0.05) is 72.3 Å². The van der Waals surface area contributed by atoms with E-state index in [1.807, 2.05) is 42.5 Å². The first-order chi connectivity index (χ1) is 19.6. The van der Waals surface area contributed by atoms with E-state index < -0.39 is 12.6 Å². The van der Waals surface area contributed by atoms with Crippen LogP contribution in [0.1, 0.15) is 11.1 Å². The molecule has 0 saturated carbocycles. The van der Waals surface area contributed by atoms with Gasteiger partial charge in [0, 0.05) is 29.6 Å². The minimum Gasteiger partial charge on any atom is -0.489 e. The van der Waals surface area contributed by atoms with E-state index in [0.29, 0.717) is 5.75 Å². The van der Waals surface area contributed by atoms with Crippen molar-refractivity contribution in [2.24, 2.45) is 0 Å². The van der Waals surface area contributed by atoms with Crippen molar-refractivity contribution in [1.82, 2.24) is 9.97 Å². The molecule has 6 nitrogen and oxygen atoms in total. The minimum atomic E-state index is -1.07. The number of carbonyl (C=O) groups is 1. The predicted octanol–water partition coefficient (Wildman–Crippen LogP) is 7.44. The zero-order valence-electron chi connectivity index (χ0n) is 21.4. The molecular formula is C33H25ClN2O4. The number of pyridine rings is 2. The van der Waals surface area contributed by atoms with E-state index in [-0.39, 0.29) is 17.4 Å². The summed E-state index contributed by atoms with van der Waals surface area (Å²) in [6, 6.07) is 33.2. The molecular weight excluding hydrogens is 524 g/mol. The number of ether oxygens (including phenoxy) is 2. The molecule has 0 radical (unpaired) electrons. The van der Waals surface area contributed by atoms with Crippen LogP contribution < -0.4 is 9.47 Å². The van der Waals surface area contributed by atoms with Crippen molar-refractivity contribution < 1.29 is 19.4 Å². The molecule has 7 heteroatoms. The molecule has 0 saturated heterocycles. The largest absolute Gasteiger partial charge is 0.489 e. The highest BCUT2D eigenvalue weighted by Gasteiger charge is 2.10. The number of aliphatic carboxylic acids is 1. The lowest BCUT2D eigenvalue weighted by Gasteiger charge is -2.12. The Bertz CT molecular complexity index is 1520. The van der Waals surface area contributed by atoms with Gasteiger partial charge >= 0.3 is 5.97 Å². The Morgan fingerprint density at radius 1 is 0.750 bits per heavy atom. The van der Waals surface area contributed by atoms with Crippen molar-refractivity contribution in [2.75, 3.05) is 13.2 Å². The van der Waals surface area contributed by atoms with Crippen LogP contribution in [0.3, 0.4) is 0 Å². The van der Waals surface area contributed by atoms with Gasteiger partial charge in [0.2, 0.25) is 0 Å². The number of hydrogen-bond donors (Lipinski definition) is 1. The molecule has 0 aliphatic heterocycles. The second kappa shape index (κ2) is 12.7. The molecule has 0 unspecified atom stereocenters. The molecule has 0 amide bonds. The molecule has 2 heterocycles. The van der Waals surface area contributed by atoms with Gasteiger partial charge in [0.25, 0.3) is 0 Å². The monoisotopic (exact) mass is 548 g/mol. The van der Waals surface area contributed by atoms with Crippen molar-refractivity contribution in [2.45, 2.75) is 0 Å². The number of nitrogens with zero attached hydrogens (tertiary/aromatic N) is 2. The van der Waals surface area contributed by atoms with Crippen molar-refractivity contribution in [3.05, 3.63) is 138 Å². The first-order valence-electron chi connectivity index (χ1n) is 12.6. The van der Waals surface area contributed by atoms with Gasteiger partial charge in [0.05, 0.1) is 16.4 Å². The van der Waals surface area contributed by atoms with Gasteiger partial charge in [-0.05, 0) is 59.2 Å². The number of carboxylic acid groups (broad SMARTS) is 1. The fourth-order valence-electron chi connectivity index (χ4n) is 4.16. The van der Waals surface area contributed by atoms with Crippen LogP contribution in [0.2, 0.25) is 5.02 Å². The zero-order valence-corrected chi connectivity index (χ0v) is 22.2. The van der Waals surface area contributed by atoms with Crippen LogP contribution in [0.4, 0.5) is 0 Å². The Morgan fingerprint density at radius 2 is 1.32 bits per heavy atom. The van der Waals surface area contributed by atoms with E-state index in [4.69, 9.17) is 26.2 Å². The molecule has 40 heavy (non-hydrogen) atoms. The highest BCUT2D eigenvalue weighted by atomic mass is 35.5. The molecule has 3 aromatic carbocycles. The van der Waals surface area contributed by atoms with Gasteiger partial charge in [-0.2, -0.15) is 0 Å². The van der Waals surface area contributed by atoms with Gasteiger partial charge in [0.15, 0.2) is 6.61 Å². The first-order valence-corrected chi connectivity index (χ1v) is 13.0. The van der Waals surface area contributed by atoms with Crippen molar-refractivity contribution in [3.63, 3.8) is 0 Å². The van der Waals surface area contributed by atoms with Crippen LogP contribution in [0.5, 0.6) is 11.5 Å². The average Bonchev–Trinajstić information content (AvgIpc) is 3.00. The second-order valence-electron chi connectivity index (χ2n) is 8.79. The topological polar surface area (TPSA) is 81.5 Å². The van der Waals surface area contributed by atoms with Gasteiger partial charge in [-0.25, -0.2) is 4.79 Å². The summed E-state index contributed by atoms with van der Waals surface area (Å²) in [4.78, 5) is 19.7. The summed E-state index contributed by atoms with van der Waals surface area (Å²) in [5.74, 6) is -0.247. The lowest BCUT2D eigenvalue weighted by Crippen LogP contribution is -2.09. The smallest absolute Gasteiger partial charge is 0.341 e. The number of carboxylic acids is 1. The summed E-state index contributed by atoms with van der Waals surface area (Å²) in [6.07, 6.45) is 5.59. The van der Waals surface area contributed by atoms with Crippen molar-refractivity contribution >= 4 is 23.1 Å². The third-order valence-electron chi connectivity index (χ3n) is 6.11. The Labute approximate surface area is 237 Å². The Balaban J connectivity index is 1.40. The van der Waals surface area contributed by atoms with Gasteiger partial charge in [-0.15, -0.1) is 0 Å². The molecule has 5 aromatic rings. The molecule has 0 fully saturated rings. The maximum atomic E-state index is 10.8. The maximum absolute atomic E-state index is 10.8. The number of rotatable bonds is 10. The van der Waals surface area contributed by atoms with Crippen LogP contribution in [0, 0.1) is 0 Å². The standard InChI is InChI=1S/C33H25ClN2O4/c34-29-21-27(15-16-32(29)40-22-33(37)38)39-20-17-28(23-7-11-25(12-8-23)30-5-1-3-18-35-30)24-9-13-26(14-10-24)31-6-2-4-19-36-31/h1-19,21H,20,22H2,(H,37,38). The van der Waals surface area contributed by atoms with E-state index in [9.17, 15) is 4.79 Å². The average molecular weight is 549 g/mol. The van der Waals surface area contributed by atoms with Crippen LogP contribution in [-0.2, 0) is 4.79 Å². The molecule has 2 aromatic heterocycles. The van der Waals surface area contributed by atoms with Gasteiger partial charge in [0.1, 0.15) is 18.1 Å². The molecule has 0 atom stereocenters. The SMILES string of the molecule is O=C(O)COc1ccc(OCC=C(c2ccc(-c3ccccn3)cc2)c2ccc(-c3ccccn3)cc2)cc1Cl. The second-order valence-corrected chi connectivity index (χ2v) is 9.20. The van der Waals surface area contributed by atoms with E-state index in [1.165, 1.54) is 0 Å². The van der Waals surface area contributed by atoms with Gasteiger partial charge < -0.3 is 14.6 Å². The summed E-state index contributed by atoms with van der Waals surface area (Å²) in [5, 5.41) is 9.09. The van der Waals surface area contributed by atoms with Gasteiger partial charge in [-0.3, -0.25) is 9.97 Å². The fraction of sp³-hybridized carbons (Fsp3) is 0.0606. The highest BCUT2D eigenvalue weighted by molar-refractivity contribution is 6.32. The van der Waals surface area contributed by atoms with E-state index >= 15 is 0 Å². The van der Waals surface area contributed by atoms with Crippen LogP contribution >= 0.6 is 11.6 Å². The summed E-state index contributed by atoms with van der Waals surface area (Å²) < 4.78 is 11.2. The number of aromatic nitrogens is 2. The fourth-order valence-corrected chi connectivity index (χ4v) is 4.38. The van der Waals surface area contributed by atoms with Crippen molar-refractivity contribution in [1.29, 1.82) is 0 Å². The predicted molar refractivity (Wildman–Crippen MR) is 157 cm³/mol. The highest BCUT2D eigenvalue weighted by Crippen LogP contribution is 2.30. The molecule has 0 spiro atoms. The summed E-state index contributed by atoms with van der Waals surface area (Å²) >= 11 is 6.25. The Hall–Kier alpha value is -4.94. The molecule has 0 aliphatic rings. The van der Waals surface area contributed by atoms with E-state index in [2.05, 4.69) is 58.5 Å². The summed E-state index contributed by atoms with van der Waals surface area (Å²) in [7, 11) is 0. The Morgan fingerprint density at radius 3 is 1.80 bits per heavy atom. The molecule has 0 aliphatic carbocycles. The zero-order chi connectivity index (χ0) is 27.7. The molecule has 198 valence electrons. The first kappa shape index (κ1) is 26.7. The lowest BCUT2D eigenvalue weighted by atomic mass is 9.95. The third kappa shape index (κ3) is 6.73. The molecule has 1 N–H and O–H groups in total. The van der Waals surface area contributed by atoms with Crippen LogP contribution in [0.15, 0.2) is 122 Å². The number of benzene rings is 3. The van der Waals surface area contributed by atoms with E-state index in [0.717, 1.165) is 39.2 Å². The maximum Gasteiger partial charge on any atom is 0.341 e. The quantitative estimate of drug-likeness (QED) is 0.195. The van der Waals surface area contributed by atoms with E-state index in [1.54, 1.807) is 30.6 Å². The minimum absolute atomic E-state index is 0.276. The normalized spacial score (nSPS) is 10.5. The summed E-state index contributed by atoms with van der Waals surface area (Å²) in [6.45, 7) is -0.185. The Kier molecular flexibility index (Phi) is 8.49. The number of hydrogen-bond acceptors (Lipinski definition) is 5. The number of halogens is 1. The van der Waals surface area contributed by atoms with Crippen molar-refractivity contribution in [3.8, 4) is 34.0 Å². The molecule has 5 rings (SSSR count).